The Morgan fingerprint density at radius 3 is 2.80 bits per heavy atom. The Hall–Kier alpha value is -1.39. The van der Waals surface area contributed by atoms with Gasteiger partial charge < -0.3 is 15.7 Å². The lowest BCUT2D eigenvalue weighted by molar-refractivity contribution is -0.114. The summed E-state index contributed by atoms with van der Waals surface area (Å²) in [5, 5.41) is 16.4. The second-order valence-corrected chi connectivity index (χ2v) is 5.53. The highest BCUT2D eigenvalue weighted by Crippen LogP contribution is 2.20. The lowest BCUT2D eigenvalue weighted by Crippen LogP contribution is -2.38. The van der Waals surface area contributed by atoms with Crippen molar-refractivity contribution in [1.29, 1.82) is 0 Å². The summed E-state index contributed by atoms with van der Waals surface area (Å²) in [5.41, 5.74) is 1.90. The van der Waals surface area contributed by atoms with E-state index < -0.39 is 0 Å². The Balaban J connectivity index is 1.97. The van der Waals surface area contributed by atoms with Gasteiger partial charge in [-0.3, -0.25) is 4.79 Å². The second-order valence-electron chi connectivity index (χ2n) is 5.53. The molecule has 0 heterocycles. The van der Waals surface area contributed by atoms with Gasteiger partial charge in [0.15, 0.2) is 0 Å². The van der Waals surface area contributed by atoms with Crippen molar-refractivity contribution in [3.63, 3.8) is 0 Å². The summed E-state index contributed by atoms with van der Waals surface area (Å²) in [5.74, 6) is -0.0630. The number of hydrogen-bond acceptors (Lipinski definition) is 3. The molecule has 2 rings (SSSR count). The van der Waals surface area contributed by atoms with Crippen molar-refractivity contribution in [2.24, 2.45) is 0 Å². The van der Waals surface area contributed by atoms with Crippen molar-refractivity contribution in [2.45, 2.75) is 57.7 Å². The molecule has 1 aromatic carbocycles. The lowest BCUT2D eigenvalue weighted by atomic mass is 10.1. The maximum Gasteiger partial charge on any atom is 0.221 e. The van der Waals surface area contributed by atoms with Crippen molar-refractivity contribution < 1.29 is 9.90 Å². The smallest absolute Gasteiger partial charge is 0.221 e. The zero-order valence-corrected chi connectivity index (χ0v) is 12.1. The molecule has 0 spiro atoms. The molecule has 1 aliphatic rings. The van der Waals surface area contributed by atoms with Gasteiger partial charge in [0.25, 0.3) is 0 Å². The van der Waals surface area contributed by atoms with Gasteiger partial charge in [-0.15, -0.1) is 0 Å². The van der Waals surface area contributed by atoms with Gasteiger partial charge in [0.05, 0.1) is 6.10 Å². The van der Waals surface area contributed by atoms with Crippen LogP contribution in [0.5, 0.6) is 0 Å². The molecular weight excluding hydrogens is 252 g/mol. The third kappa shape index (κ3) is 4.32. The van der Waals surface area contributed by atoms with E-state index in [-0.39, 0.29) is 18.1 Å². The van der Waals surface area contributed by atoms with E-state index in [1.165, 1.54) is 19.8 Å². The van der Waals surface area contributed by atoms with Gasteiger partial charge >= 0.3 is 0 Å². The zero-order chi connectivity index (χ0) is 14.4. The first-order chi connectivity index (χ1) is 9.66. The fraction of sp³-hybridized carbons (Fsp3) is 0.562. The van der Waals surface area contributed by atoms with Crippen LogP contribution >= 0.6 is 0 Å². The van der Waals surface area contributed by atoms with Gasteiger partial charge in [-0.1, -0.05) is 37.5 Å². The van der Waals surface area contributed by atoms with Crippen molar-refractivity contribution in [3.05, 3.63) is 29.8 Å². The van der Waals surface area contributed by atoms with Crippen molar-refractivity contribution in [2.75, 3.05) is 5.32 Å². The lowest BCUT2D eigenvalue weighted by Gasteiger charge is -2.22. The number of anilines is 1. The molecule has 1 aliphatic carbocycles. The molecule has 4 heteroatoms. The number of nitrogens with one attached hydrogen (secondary N) is 2. The molecule has 0 bridgehead atoms. The number of aliphatic hydroxyl groups is 1. The molecule has 1 fully saturated rings. The number of hydrogen-bond donors (Lipinski definition) is 3. The highest BCUT2D eigenvalue weighted by Gasteiger charge is 2.21. The maximum atomic E-state index is 11.2. The fourth-order valence-electron chi connectivity index (χ4n) is 2.75. The summed E-state index contributed by atoms with van der Waals surface area (Å²) in [4.78, 5) is 11.2. The molecule has 1 amide bonds. The molecule has 0 saturated heterocycles. The number of aliphatic hydroxyl groups excluding tert-OH is 1. The van der Waals surface area contributed by atoms with Crippen LogP contribution in [0.4, 0.5) is 5.69 Å². The quantitative estimate of drug-likeness (QED) is 0.740. The second kappa shape index (κ2) is 7.41. The van der Waals surface area contributed by atoms with Gasteiger partial charge in [0, 0.05) is 25.2 Å². The van der Waals surface area contributed by atoms with Gasteiger partial charge in [0.2, 0.25) is 5.91 Å². The van der Waals surface area contributed by atoms with Crippen LogP contribution in [0.3, 0.4) is 0 Å². The summed E-state index contributed by atoms with van der Waals surface area (Å²) >= 11 is 0. The highest BCUT2D eigenvalue weighted by molar-refractivity contribution is 5.89. The largest absolute Gasteiger partial charge is 0.392 e. The van der Waals surface area contributed by atoms with Crippen LogP contribution in [0, 0.1) is 0 Å². The van der Waals surface area contributed by atoms with E-state index in [1.54, 1.807) is 0 Å². The number of benzene rings is 1. The first-order valence-electron chi connectivity index (χ1n) is 7.44. The minimum atomic E-state index is -0.259. The normalized spacial score (nSPS) is 23.1. The predicted octanol–water partition coefficient (Wildman–Crippen LogP) is 2.43. The fourth-order valence-corrected chi connectivity index (χ4v) is 2.75. The van der Waals surface area contributed by atoms with E-state index in [0.717, 1.165) is 30.5 Å². The number of carbonyl (C=O) groups is 1. The summed E-state index contributed by atoms with van der Waals surface area (Å²) in [7, 11) is 0. The molecular formula is C16H24N2O2. The van der Waals surface area contributed by atoms with Crippen molar-refractivity contribution in [1.82, 2.24) is 5.32 Å². The van der Waals surface area contributed by atoms with E-state index in [2.05, 4.69) is 10.6 Å². The number of carbonyl (C=O) groups excluding carboxylic acids is 1. The monoisotopic (exact) mass is 276 g/mol. The van der Waals surface area contributed by atoms with E-state index in [9.17, 15) is 9.90 Å². The van der Waals surface area contributed by atoms with Crippen LogP contribution in [0.15, 0.2) is 24.3 Å². The number of para-hydroxylation sites is 1. The van der Waals surface area contributed by atoms with E-state index in [0.29, 0.717) is 6.54 Å². The minimum Gasteiger partial charge on any atom is -0.392 e. The van der Waals surface area contributed by atoms with Gasteiger partial charge in [0.1, 0.15) is 0 Å². The minimum absolute atomic E-state index is 0.0630. The van der Waals surface area contributed by atoms with Gasteiger partial charge in [-0.2, -0.15) is 0 Å². The van der Waals surface area contributed by atoms with Gasteiger partial charge in [-0.25, -0.2) is 0 Å². The van der Waals surface area contributed by atoms with Crippen LogP contribution in [0.25, 0.3) is 0 Å². The SMILES string of the molecule is CC(=O)Nc1ccccc1CNC1CCCCCC1O. The van der Waals surface area contributed by atoms with Crippen LogP contribution in [0.2, 0.25) is 0 Å². The molecule has 110 valence electrons. The first kappa shape index (κ1) is 15.0. The average molecular weight is 276 g/mol. The molecule has 1 aromatic rings. The van der Waals surface area contributed by atoms with Crippen LogP contribution in [-0.4, -0.2) is 23.2 Å². The van der Waals surface area contributed by atoms with Crippen molar-refractivity contribution in [3.8, 4) is 0 Å². The molecule has 4 nitrogen and oxygen atoms in total. The molecule has 20 heavy (non-hydrogen) atoms. The first-order valence-corrected chi connectivity index (χ1v) is 7.44. The summed E-state index contributed by atoms with van der Waals surface area (Å²) in [6.07, 6.45) is 5.13. The Morgan fingerprint density at radius 1 is 1.25 bits per heavy atom. The highest BCUT2D eigenvalue weighted by atomic mass is 16.3. The standard InChI is InChI=1S/C16H24N2O2/c1-12(19)18-14-8-6-5-7-13(14)11-17-15-9-3-2-4-10-16(15)20/h5-8,15-17,20H,2-4,9-11H2,1H3,(H,18,19). The Kier molecular flexibility index (Phi) is 5.56. The summed E-state index contributed by atoms with van der Waals surface area (Å²) in [6, 6.07) is 7.94. The van der Waals surface area contributed by atoms with Crippen molar-refractivity contribution >= 4 is 11.6 Å². The molecule has 3 N–H and O–H groups in total. The molecule has 0 radical (unpaired) electrons. The Labute approximate surface area is 120 Å². The third-order valence-electron chi connectivity index (χ3n) is 3.86. The Morgan fingerprint density at radius 2 is 2.00 bits per heavy atom. The zero-order valence-electron chi connectivity index (χ0n) is 12.1. The van der Waals surface area contributed by atoms with Crippen LogP contribution in [0.1, 0.15) is 44.6 Å². The molecule has 1 saturated carbocycles. The summed E-state index contributed by atoms with van der Waals surface area (Å²) < 4.78 is 0. The average Bonchev–Trinajstić information content (AvgIpc) is 2.62. The molecule has 2 atom stereocenters. The van der Waals surface area contributed by atoms with Gasteiger partial charge in [-0.05, 0) is 24.5 Å². The van der Waals surface area contributed by atoms with E-state index in [4.69, 9.17) is 0 Å². The molecule has 0 aromatic heterocycles. The molecule has 0 aliphatic heterocycles. The Bertz CT molecular complexity index is 448. The molecule has 2 unspecified atom stereocenters. The maximum absolute atomic E-state index is 11.2. The van der Waals surface area contributed by atoms with Crippen LogP contribution < -0.4 is 10.6 Å². The van der Waals surface area contributed by atoms with Crippen LogP contribution in [-0.2, 0) is 11.3 Å². The third-order valence-corrected chi connectivity index (χ3v) is 3.86. The topological polar surface area (TPSA) is 61.4 Å². The predicted molar refractivity (Wildman–Crippen MR) is 80.5 cm³/mol. The van der Waals surface area contributed by atoms with E-state index >= 15 is 0 Å². The summed E-state index contributed by atoms with van der Waals surface area (Å²) in [6.45, 7) is 2.18. The number of rotatable bonds is 4. The number of amides is 1. The van der Waals surface area contributed by atoms with E-state index in [1.807, 2.05) is 24.3 Å².